The molecule has 35 heavy (non-hydrogen) atoms. The van der Waals surface area contributed by atoms with Crippen molar-refractivity contribution < 1.29 is 33.0 Å². The highest BCUT2D eigenvalue weighted by Crippen LogP contribution is 2.25. The summed E-state index contributed by atoms with van der Waals surface area (Å²) >= 11 is 6.71. The van der Waals surface area contributed by atoms with Gasteiger partial charge < -0.3 is 24.4 Å². The van der Waals surface area contributed by atoms with Gasteiger partial charge >= 0.3 is 18.0 Å². The van der Waals surface area contributed by atoms with Crippen LogP contribution in [-0.4, -0.2) is 59.0 Å². The van der Waals surface area contributed by atoms with Gasteiger partial charge in [0.15, 0.2) is 0 Å². The molecule has 1 atom stereocenters. The van der Waals surface area contributed by atoms with Gasteiger partial charge in [-0.25, -0.2) is 14.0 Å². The van der Waals surface area contributed by atoms with E-state index in [0.29, 0.717) is 29.4 Å². The molecule has 0 saturated heterocycles. The van der Waals surface area contributed by atoms with Crippen LogP contribution in [0.4, 0.5) is 14.9 Å². The highest BCUT2D eigenvalue weighted by Gasteiger charge is 2.29. The summed E-state index contributed by atoms with van der Waals surface area (Å²) in [5.74, 6) is -1.82. The lowest BCUT2D eigenvalue weighted by molar-refractivity contribution is -0.158. The zero-order chi connectivity index (χ0) is 26.8. The van der Waals surface area contributed by atoms with Gasteiger partial charge in [-0.05, 0) is 60.1 Å². The molecule has 0 fully saturated rings. The summed E-state index contributed by atoms with van der Waals surface area (Å²) in [6.45, 7) is 11.4. The van der Waals surface area contributed by atoms with Crippen molar-refractivity contribution in [3.8, 4) is 5.75 Å². The molecule has 1 rings (SSSR count). The molecule has 0 saturated carbocycles. The fraction of sp³-hybridized carbons (Fsp3) is 0.625. The number of hydrogen-bond acceptors (Lipinski definition) is 7. The van der Waals surface area contributed by atoms with Gasteiger partial charge in [-0.2, -0.15) is 0 Å². The number of ether oxygens (including phenoxy) is 3. The van der Waals surface area contributed by atoms with Gasteiger partial charge in [0.2, 0.25) is 0 Å². The van der Waals surface area contributed by atoms with Gasteiger partial charge in [0.05, 0.1) is 5.69 Å². The summed E-state index contributed by atoms with van der Waals surface area (Å²) < 4.78 is 30.5. The molecule has 1 aromatic carbocycles. The van der Waals surface area contributed by atoms with Crippen molar-refractivity contribution in [3.05, 3.63) is 24.0 Å². The second-order valence-electron chi connectivity index (χ2n) is 9.72. The Labute approximate surface area is 223 Å². The van der Waals surface area contributed by atoms with Gasteiger partial charge in [0.25, 0.3) is 0 Å². The Balaban J connectivity index is 2.91. The Hall–Kier alpha value is -1.88. The Bertz CT molecular complexity index is 865. The number of hydrogen-bond donors (Lipinski definition) is 1. The van der Waals surface area contributed by atoms with Crippen LogP contribution in [0, 0.1) is 5.82 Å². The van der Waals surface area contributed by atoms with Crippen molar-refractivity contribution in [2.75, 3.05) is 28.6 Å². The van der Waals surface area contributed by atoms with E-state index in [9.17, 15) is 18.8 Å². The molecule has 1 N–H and O–H groups in total. The third-order valence-electron chi connectivity index (χ3n) is 4.22. The van der Waals surface area contributed by atoms with E-state index in [4.69, 9.17) is 14.2 Å². The number of amides is 1. The number of esters is 2. The van der Waals surface area contributed by atoms with Crippen molar-refractivity contribution in [2.24, 2.45) is 0 Å². The van der Waals surface area contributed by atoms with Crippen molar-refractivity contribution in [2.45, 2.75) is 71.6 Å². The number of nitrogens with one attached hydrogen (secondary N) is 1. The number of anilines is 1. The minimum Gasteiger partial charge on any atom is -0.460 e. The maximum Gasteiger partial charge on any atom is 0.413 e. The average molecular weight is 626 g/mol. The molecule has 0 aromatic heterocycles. The Morgan fingerprint density at radius 3 is 2.06 bits per heavy atom. The lowest BCUT2D eigenvalue weighted by atomic mass is 10.1. The molecule has 0 radical (unpaired) electrons. The highest BCUT2D eigenvalue weighted by molar-refractivity contribution is 9.09. The Morgan fingerprint density at radius 1 is 1.00 bits per heavy atom. The largest absolute Gasteiger partial charge is 0.460 e. The van der Waals surface area contributed by atoms with Crippen LogP contribution >= 0.6 is 31.9 Å². The second kappa shape index (κ2) is 14.0. The van der Waals surface area contributed by atoms with Gasteiger partial charge in [0, 0.05) is 36.2 Å². The van der Waals surface area contributed by atoms with Crippen LogP contribution in [0.2, 0.25) is 0 Å². The van der Waals surface area contributed by atoms with Gasteiger partial charge in [-0.1, -0.05) is 31.9 Å². The number of benzene rings is 1. The minimum absolute atomic E-state index is 0.0311. The van der Waals surface area contributed by atoms with Crippen molar-refractivity contribution in [1.29, 1.82) is 0 Å². The second-order valence-corrected chi connectivity index (χ2v) is 11.3. The number of alkyl halides is 2. The molecule has 8 nitrogen and oxygen atoms in total. The third-order valence-corrected chi connectivity index (χ3v) is 4.93. The predicted molar refractivity (Wildman–Crippen MR) is 140 cm³/mol. The zero-order valence-corrected chi connectivity index (χ0v) is 24.3. The van der Waals surface area contributed by atoms with E-state index in [-0.39, 0.29) is 18.6 Å². The normalized spacial score (nSPS) is 12.5. The maximum absolute atomic E-state index is 14.7. The van der Waals surface area contributed by atoms with Gasteiger partial charge in [0.1, 0.15) is 28.8 Å². The molecule has 0 spiro atoms. The highest BCUT2D eigenvalue weighted by atomic mass is 79.9. The van der Waals surface area contributed by atoms with E-state index in [1.165, 1.54) is 12.1 Å². The van der Waals surface area contributed by atoms with Gasteiger partial charge in [-0.15, -0.1) is 0 Å². The predicted octanol–water partition coefficient (Wildman–Crippen LogP) is 5.34. The summed E-state index contributed by atoms with van der Waals surface area (Å²) in [5, 5.41) is 3.74. The first-order valence-corrected chi connectivity index (χ1v) is 13.5. The van der Waals surface area contributed by atoms with E-state index in [0.717, 1.165) is 6.07 Å². The molecule has 198 valence electrons. The van der Waals surface area contributed by atoms with E-state index in [1.54, 1.807) is 41.5 Å². The number of rotatable bonds is 11. The number of halogens is 3. The fourth-order valence-electron chi connectivity index (χ4n) is 2.92. The van der Waals surface area contributed by atoms with Crippen LogP contribution in [-0.2, 0) is 19.1 Å². The summed E-state index contributed by atoms with van der Waals surface area (Å²) in [6, 6.07) is 2.94. The van der Waals surface area contributed by atoms with Crippen LogP contribution in [0.3, 0.4) is 0 Å². The maximum atomic E-state index is 14.7. The van der Waals surface area contributed by atoms with Crippen LogP contribution in [0.25, 0.3) is 0 Å². The van der Waals surface area contributed by atoms with Crippen molar-refractivity contribution in [1.82, 2.24) is 5.32 Å². The van der Waals surface area contributed by atoms with E-state index < -0.39 is 41.1 Å². The third kappa shape index (κ3) is 12.6. The van der Waals surface area contributed by atoms with Crippen LogP contribution in [0.1, 0.15) is 54.4 Å². The summed E-state index contributed by atoms with van der Waals surface area (Å²) in [5.41, 5.74) is -1.11. The van der Waals surface area contributed by atoms with Crippen LogP contribution in [0.5, 0.6) is 5.75 Å². The number of carbonyl (C=O) groups is 3. The van der Waals surface area contributed by atoms with E-state index >= 15 is 0 Å². The lowest BCUT2D eigenvalue weighted by Crippen LogP contribution is -2.45. The zero-order valence-electron chi connectivity index (χ0n) is 21.1. The fourth-order valence-corrected chi connectivity index (χ4v) is 3.78. The molecular formula is C24H35Br2FN2O6. The molecule has 0 unspecified atom stereocenters. The lowest BCUT2D eigenvalue weighted by Gasteiger charge is -2.25. The summed E-state index contributed by atoms with van der Waals surface area (Å²) in [4.78, 5) is 39.1. The van der Waals surface area contributed by atoms with Crippen molar-refractivity contribution in [3.63, 3.8) is 0 Å². The Morgan fingerprint density at radius 2 is 1.57 bits per heavy atom. The quantitative estimate of drug-likeness (QED) is 0.262. The first kappa shape index (κ1) is 31.2. The summed E-state index contributed by atoms with van der Waals surface area (Å²) in [7, 11) is 0. The van der Waals surface area contributed by atoms with Gasteiger partial charge in [-0.3, -0.25) is 4.79 Å². The number of carbonyl (C=O) groups excluding carboxylic acids is 3. The molecule has 1 amide bonds. The van der Waals surface area contributed by atoms with Crippen LogP contribution in [0.15, 0.2) is 18.2 Å². The molecule has 11 heteroatoms. The molecule has 0 aliphatic carbocycles. The monoisotopic (exact) mass is 624 g/mol. The topological polar surface area (TPSA) is 94.2 Å². The number of nitrogens with zero attached hydrogens (tertiary/aromatic N) is 1. The molecule has 0 bridgehead atoms. The smallest absolute Gasteiger partial charge is 0.413 e. The van der Waals surface area contributed by atoms with Crippen LogP contribution < -0.4 is 15.0 Å². The summed E-state index contributed by atoms with van der Waals surface area (Å²) in [6.07, 6.45) is -1.16. The molecular weight excluding hydrogens is 591 g/mol. The first-order valence-electron chi connectivity index (χ1n) is 11.2. The SMILES string of the molecule is CC(C)(C)OC(=O)CC[C@H](NC(=O)Oc1ccc(N(CCBr)CCBr)c(F)c1)C(=O)OC(C)(C)C. The van der Waals surface area contributed by atoms with E-state index in [1.807, 2.05) is 4.90 Å². The molecule has 0 heterocycles. The first-order chi connectivity index (χ1) is 16.1. The molecule has 0 aliphatic rings. The van der Waals surface area contributed by atoms with Crippen molar-refractivity contribution >= 4 is 55.6 Å². The minimum atomic E-state index is -1.16. The Kier molecular flexibility index (Phi) is 12.5. The molecule has 1 aromatic rings. The molecule has 0 aliphatic heterocycles. The van der Waals surface area contributed by atoms with E-state index in [2.05, 4.69) is 37.2 Å². The average Bonchev–Trinajstić information content (AvgIpc) is 2.68. The standard InChI is InChI=1S/C24H35Br2FN2O6/c1-23(2,3)34-20(30)10-8-18(21(31)35-24(4,5)6)28-22(32)33-16-7-9-19(17(27)15-16)29(13-11-25)14-12-26/h7,9,15,18H,8,10-14H2,1-6H3,(H,28,32)/t18-/m0/s1.